The Morgan fingerprint density at radius 1 is 0.477 bits per heavy atom. The van der Waals surface area contributed by atoms with Crippen molar-refractivity contribution in [3.8, 4) is 0 Å². The molecule has 0 aliphatic carbocycles. The van der Waals surface area contributed by atoms with Gasteiger partial charge in [0.25, 0.3) is 0 Å². The van der Waals surface area contributed by atoms with Crippen molar-refractivity contribution < 1.29 is 73.8 Å². The van der Waals surface area contributed by atoms with Crippen LogP contribution in [0.1, 0.15) is 200 Å². The van der Waals surface area contributed by atoms with Crippen molar-refractivity contribution in [1.29, 1.82) is 0 Å². The van der Waals surface area contributed by atoms with Crippen LogP contribution in [0.15, 0.2) is 12.2 Å². The van der Waals surface area contributed by atoms with Gasteiger partial charge < -0.3 is 64.2 Å². The third-order valence-electron chi connectivity index (χ3n) is 12.5. The number of esters is 2. The topological polar surface area (TPSA) is 231 Å². The summed E-state index contributed by atoms with van der Waals surface area (Å²) < 4.78 is 33.5. The van der Waals surface area contributed by atoms with E-state index in [4.69, 9.17) is 28.4 Å². The zero-order chi connectivity index (χ0) is 47.5. The lowest BCUT2D eigenvalue weighted by molar-refractivity contribution is -0.332. The lowest BCUT2D eigenvalue weighted by Crippen LogP contribution is -2.61. The van der Waals surface area contributed by atoms with E-state index in [1.54, 1.807) is 0 Å². The van der Waals surface area contributed by atoms with E-state index in [1.165, 1.54) is 122 Å². The maximum atomic E-state index is 13.0. The number of hydrogen-bond acceptors (Lipinski definition) is 15. The maximum Gasteiger partial charge on any atom is 0.306 e. The lowest BCUT2D eigenvalue weighted by Gasteiger charge is -2.42. The minimum Gasteiger partial charge on any atom is -0.462 e. The number of allylic oxidation sites excluding steroid dienone is 2. The molecule has 7 N–H and O–H groups in total. The number of ether oxygens (including phenoxy) is 6. The zero-order valence-electron chi connectivity index (χ0n) is 40.2. The molecule has 0 aromatic heterocycles. The Bertz CT molecular complexity index is 1190. The van der Waals surface area contributed by atoms with Crippen molar-refractivity contribution in [2.24, 2.45) is 0 Å². The molecule has 2 saturated heterocycles. The van der Waals surface area contributed by atoms with Gasteiger partial charge in [-0.05, 0) is 38.5 Å². The molecule has 2 heterocycles. The predicted octanol–water partition coefficient (Wildman–Crippen LogP) is 6.99. The fraction of sp³-hybridized carbons (Fsp3) is 0.920. The van der Waals surface area contributed by atoms with E-state index in [2.05, 4.69) is 26.0 Å². The molecular weight excluding hydrogens is 841 g/mol. The number of hydrogen-bond donors (Lipinski definition) is 7. The molecule has 0 spiro atoms. The fourth-order valence-corrected chi connectivity index (χ4v) is 8.21. The van der Waals surface area contributed by atoms with Gasteiger partial charge in [-0.2, -0.15) is 0 Å². The second-order valence-electron chi connectivity index (χ2n) is 18.4. The Balaban J connectivity index is 1.82. The quantitative estimate of drug-likeness (QED) is 0.0187. The van der Waals surface area contributed by atoms with Crippen LogP contribution in [0.25, 0.3) is 0 Å². The number of aliphatic hydroxyl groups excluding tert-OH is 7. The number of carbonyl (C=O) groups excluding carboxylic acids is 2. The van der Waals surface area contributed by atoms with Gasteiger partial charge in [-0.1, -0.05) is 161 Å². The van der Waals surface area contributed by atoms with Crippen molar-refractivity contribution in [2.75, 3.05) is 26.4 Å². The van der Waals surface area contributed by atoms with Gasteiger partial charge in [0.2, 0.25) is 0 Å². The Hall–Kier alpha value is -1.76. The number of rotatable bonds is 40. The molecule has 4 unspecified atom stereocenters. The summed E-state index contributed by atoms with van der Waals surface area (Å²) in [7, 11) is 0. The van der Waals surface area contributed by atoms with Gasteiger partial charge >= 0.3 is 11.9 Å². The van der Waals surface area contributed by atoms with Gasteiger partial charge in [0, 0.05) is 12.8 Å². The molecule has 15 heteroatoms. The molecule has 382 valence electrons. The Labute approximate surface area is 390 Å². The van der Waals surface area contributed by atoms with E-state index in [1.807, 2.05) is 0 Å². The second kappa shape index (κ2) is 38.1. The molecule has 0 aromatic carbocycles. The molecule has 2 rings (SSSR count). The van der Waals surface area contributed by atoms with Crippen molar-refractivity contribution in [3.63, 3.8) is 0 Å². The van der Waals surface area contributed by atoms with Crippen LogP contribution in [0.5, 0.6) is 0 Å². The molecule has 0 amide bonds. The van der Waals surface area contributed by atoms with Crippen LogP contribution in [-0.2, 0) is 38.0 Å². The highest BCUT2D eigenvalue weighted by atomic mass is 16.7. The van der Waals surface area contributed by atoms with Gasteiger partial charge in [0.1, 0.15) is 55.4 Å². The summed E-state index contributed by atoms with van der Waals surface area (Å²) in [6, 6.07) is 0. The van der Waals surface area contributed by atoms with Crippen LogP contribution >= 0.6 is 0 Å². The van der Waals surface area contributed by atoms with Crippen LogP contribution in [0.4, 0.5) is 0 Å². The van der Waals surface area contributed by atoms with E-state index in [0.717, 1.165) is 38.5 Å². The van der Waals surface area contributed by atoms with E-state index < -0.39 is 92.7 Å². The van der Waals surface area contributed by atoms with Crippen molar-refractivity contribution in [2.45, 2.75) is 268 Å². The Morgan fingerprint density at radius 3 is 1.38 bits per heavy atom. The second-order valence-corrected chi connectivity index (χ2v) is 18.4. The predicted molar refractivity (Wildman–Crippen MR) is 248 cm³/mol. The van der Waals surface area contributed by atoms with E-state index in [-0.39, 0.29) is 26.1 Å². The average Bonchev–Trinajstić information content (AvgIpc) is 3.30. The third-order valence-corrected chi connectivity index (χ3v) is 12.5. The maximum absolute atomic E-state index is 13.0. The van der Waals surface area contributed by atoms with Gasteiger partial charge in [0.15, 0.2) is 18.7 Å². The zero-order valence-corrected chi connectivity index (χ0v) is 40.2. The van der Waals surface area contributed by atoms with E-state index in [9.17, 15) is 45.3 Å². The molecule has 0 bridgehead atoms. The highest BCUT2D eigenvalue weighted by Crippen LogP contribution is 2.26. The number of aliphatic hydroxyl groups is 7. The average molecular weight is 933 g/mol. The molecule has 15 nitrogen and oxygen atoms in total. The summed E-state index contributed by atoms with van der Waals surface area (Å²) >= 11 is 0. The van der Waals surface area contributed by atoms with Crippen LogP contribution < -0.4 is 0 Å². The van der Waals surface area contributed by atoms with Gasteiger partial charge in [-0.15, -0.1) is 0 Å². The minimum absolute atomic E-state index is 0.139. The standard InChI is InChI=1S/C50H92O15/c1-3-5-7-9-11-13-15-17-19-21-23-25-27-29-31-33-42(53)63-38(35-60-41(52)32-30-28-26-24-22-20-18-16-14-12-10-8-6-4-2)36-61-49-48(59)46(57)44(55)40(65-49)37-62-50-47(58)45(56)43(54)39(34-51)64-50/h23,25,38-40,43-51,54-59H,3-22,24,26-37H2,1-2H3/b25-23+/t38-,39-,40-,43+,44+,45?,46?,47?,48?,49-,50-/m1/s1. The molecule has 2 fully saturated rings. The molecular formula is C50H92O15. The first kappa shape index (κ1) is 59.4. The van der Waals surface area contributed by atoms with Crippen LogP contribution in [0, 0.1) is 0 Å². The first-order valence-electron chi connectivity index (χ1n) is 25.8. The van der Waals surface area contributed by atoms with Gasteiger partial charge in [-0.3, -0.25) is 9.59 Å². The Morgan fingerprint density at radius 2 is 0.877 bits per heavy atom. The third kappa shape index (κ3) is 26.5. The number of unbranched alkanes of at least 4 members (excludes halogenated alkanes) is 24. The molecule has 0 saturated carbocycles. The highest BCUT2D eigenvalue weighted by Gasteiger charge is 2.47. The van der Waals surface area contributed by atoms with Crippen LogP contribution in [-0.4, -0.2) is 142 Å². The lowest BCUT2D eigenvalue weighted by atomic mass is 9.98. The molecule has 0 aromatic rings. The number of carbonyl (C=O) groups is 2. The minimum atomic E-state index is -1.76. The summed E-state index contributed by atoms with van der Waals surface area (Å²) in [5.41, 5.74) is 0. The summed E-state index contributed by atoms with van der Waals surface area (Å²) in [6.45, 7) is 2.59. The van der Waals surface area contributed by atoms with E-state index >= 15 is 0 Å². The summed E-state index contributed by atoms with van der Waals surface area (Å²) in [4.78, 5) is 25.7. The first-order valence-corrected chi connectivity index (χ1v) is 25.8. The SMILES string of the molecule is CCCCCCCCCCC/C=C/CCCCC(=O)O[C@H](COC(=O)CCCCCCCCCCCCCCCC)CO[C@@H]1O[C@H](CO[C@@H]2O[C@H](CO)[C@H](O)C(O)C2O)[C@H](O)C(O)C1O. The largest absolute Gasteiger partial charge is 0.462 e. The molecule has 2 aliphatic heterocycles. The molecule has 11 atom stereocenters. The normalized spacial score (nSPS) is 26.4. The van der Waals surface area contributed by atoms with Crippen LogP contribution in [0.2, 0.25) is 0 Å². The highest BCUT2D eigenvalue weighted by molar-refractivity contribution is 5.70. The first-order chi connectivity index (χ1) is 31.5. The van der Waals surface area contributed by atoms with Gasteiger partial charge in [-0.25, -0.2) is 0 Å². The molecule has 2 aliphatic rings. The molecule has 0 radical (unpaired) electrons. The summed E-state index contributed by atoms with van der Waals surface area (Å²) in [5.74, 6) is -0.941. The smallest absolute Gasteiger partial charge is 0.306 e. The molecule has 65 heavy (non-hydrogen) atoms. The monoisotopic (exact) mass is 933 g/mol. The van der Waals surface area contributed by atoms with Gasteiger partial charge in [0.05, 0.1) is 19.8 Å². The van der Waals surface area contributed by atoms with Crippen LogP contribution in [0.3, 0.4) is 0 Å². The Kier molecular flexibility index (Phi) is 34.8. The summed E-state index contributed by atoms with van der Waals surface area (Å²) in [5, 5.41) is 72.0. The van der Waals surface area contributed by atoms with Crippen molar-refractivity contribution >= 4 is 11.9 Å². The van der Waals surface area contributed by atoms with Crippen molar-refractivity contribution in [3.05, 3.63) is 12.2 Å². The van der Waals surface area contributed by atoms with E-state index in [0.29, 0.717) is 12.8 Å². The summed E-state index contributed by atoms with van der Waals surface area (Å²) in [6.07, 6.45) is 19.6. The fourth-order valence-electron chi connectivity index (χ4n) is 8.21. The van der Waals surface area contributed by atoms with Crippen molar-refractivity contribution in [1.82, 2.24) is 0 Å².